The van der Waals surface area contributed by atoms with Gasteiger partial charge in [-0.25, -0.2) is 9.98 Å². The first-order valence-corrected chi connectivity index (χ1v) is 22.0. The largest absolute Gasteiger partial charge is 0.373 e. The molecule has 2 saturated heterocycles. The highest BCUT2D eigenvalue weighted by Gasteiger charge is 2.41. The van der Waals surface area contributed by atoms with Gasteiger partial charge in [0.1, 0.15) is 35.1 Å². The molecule has 6 aliphatic rings. The van der Waals surface area contributed by atoms with E-state index >= 15 is 0 Å². The van der Waals surface area contributed by atoms with Crippen molar-refractivity contribution in [3.8, 4) is 24.7 Å². The Bertz CT molecular complexity index is 2740. The molecule has 0 saturated carbocycles. The van der Waals surface area contributed by atoms with E-state index in [2.05, 4.69) is 45.5 Å². The van der Waals surface area contributed by atoms with Crippen molar-refractivity contribution in [3.63, 3.8) is 0 Å². The van der Waals surface area contributed by atoms with Crippen molar-refractivity contribution in [2.24, 2.45) is 20.0 Å². The van der Waals surface area contributed by atoms with Crippen LogP contribution >= 0.6 is 11.3 Å². The molecular weight excluding hydrogens is 805 g/mol. The van der Waals surface area contributed by atoms with Crippen LogP contribution in [-0.2, 0) is 9.59 Å². The zero-order chi connectivity index (χ0) is 43.8. The van der Waals surface area contributed by atoms with Crippen LogP contribution in [-0.4, -0.2) is 133 Å². The Morgan fingerprint density at radius 2 is 1.11 bits per heavy atom. The lowest BCUT2D eigenvalue weighted by Gasteiger charge is -2.31. The molecule has 1 aromatic heterocycles. The highest BCUT2D eigenvalue weighted by molar-refractivity contribution is 7.15. The van der Waals surface area contributed by atoms with Crippen molar-refractivity contribution in [2.45, 2.75) is 25.9 Å². The molecule has 0 spiro atoms. The number of nitrogens with zero attached hydrogens (tertiary/aromatic N) is 10. The number of thiophene rings is 1. The minimum absolute atomic E-state index is 0.118. The summed E-state index contributed by atoms with van der Waals surface area (Å²) in [6.07, 6.45) is 15.2. The summed E-state index contributed by atoms with van der Waals surface area (Å²) in [5.74, 6) is 6.49. The number of carbonyl (C=O) groups is 2. The fraction of sp³-hybridized carbons (Fsp3) is 0.280. The highest BCUT2D eigenvalue weighted by Crippen LogP contribution is 2.39. The fourth-order valence-corrected chi connectivity index (χ4v) is 9.35. The third-order valence-corrected chi connectivity index (χ3v) is 13.0. The Kier molecular flexibility index (Phi) is 11.5. The molecule has 2 amide bonds. The molecule has 4 aromatic rings. The summed E-state index contributed by atoms with van der Waals surface area (Å²) >= 11 is 1.49. The van der Waals surface area contributed by atoms with Gasteiger partial charge in [-0.1, -0.05) is 72.5 Å². The maximum absolute atomic E-state index is 13.6. The van der Waals surface area contributed by atoms with Crippen LogP contribution in [0.1, 0.15) is 45.9 Å². The molecule has 63 heavy (non-hydrogen) atoms. The normalized spacial score (nSPS) is 22.3. The minimum atomic E-state index is -0.283. The molecule has 0 N–H and O–H groups in total. The number of amidine groups is 2. The number of rotatable bonds is 4. The van der Waals surface area contributed by atoms with Crippen molar-refractivity contribution < 1.29 is 9.59 Å². The van der Waals surface area contributed by atoms with Crippen LogP contribution in [0.25, 0.3) is 0 Å². The van der Waals surface area contributed by atoms with E-state index in [1.54, 1.807) is 9.80 Å². The first-order chi connectivity index (χ1) is 30.6. The second kappa shape index (κ2) is 17.5. The van der Waals surface area contributed by atoms with Crippen molar-refractivity contribution in [3.05, 3.63) is 141 Å². The first-order valence-electron chi connectivity index (χ1n) is 21.2. The van der Waals surface area contributed by atoms with Gasteiger partial charge in [-0.3, -0.25) is 29.4 Å². The quantitative estimate of drug-likeness (QED) is 0.198. The van der Waals surface area contributed by atoms with Crippen molar-refractivity contribution in [1.82, 2.24) is 19.6 Å². The molecule has 6 aliphatic heterocycles. The second-order valence-corrected chi connectivity index (χ2v) is 17.4. The maximum atomic E-state index is 13.6. The SMILES string of the molecule is C#Cc1cc2c(s1)C(c1ccccc1)=NC(C)C1=N/C(=C\N3CCN(C)CC3)C(=O)N12.C#Cc1ccc2c(c1)C(c1ccccc1)=NC(C)C1=N/C(=C\N3CCN(C)CC3)C(=O)N12. The number of benzene rings is 3. The number of piperazine rings is 2. The fourth-order valence-electron chi connectivity index (χ4n) is 8.38. The van der Waals surface area contributed by atoms with E-state index in [-0.39, 0.29) is 23.9 Å². The minimum Gasteiger partial charge on any atom is -0.373 e. The summed E-state index contributed by atoms with van der Waals surface area (Å²) < 4.78 is 0. The summed E-state index contributed by atoms with van der Waals surface area (Å²) in [4.78, 5) is 60.6. The van der Waals surface area contributed by atoms with E-state index in [1.165, 1.54) is 11.3 Å². The molecule has 10 rings (SSSR count). The molecular formula is C50H48N10O2S. The van der Waals surface area contributed by atoms with Gasteiger partial charge in [-0.15, -0.1) is 24.2 Å². The van der Waals surface area contributed by atoms with Gasteiger partial charge >= 0.3 is 0 Å². The Morgan fingerprint density at radius 1 is 0.619 bits per heavy atom. The summed E-state index contributed by atoms with van der Waals surface area (Å²) in [5, 5.41) is 0. The smallest absolute Gasteiger partial charge is 0.284 e. The van der Waals surface area contributed by atoms with Crippen LogP contribution in [0.15, 0.2) is 129 Å². The molecule has 316 valence electrons. The van der Waals surface area contributed by atoms with E-state index in [9.17, 15) is 9.59 Å². The second-order valence-electron chi connectivity index (χ2n) is 16.3. The summed E-state index contributed by atoms with van der Waals surface area (Å²) in [6.45, 7) is 11.4. The lowest BCUT2D eigenvalue weighted by molar-refractivity contribution is -0.114. The molecule has 2 fully saturated rings. The molecule has 0 radical (unpaired) electrons. The molecule has 7 heterocycles. The number of terminal acetylenes is 2. The van der Waals surface area contributed by atoms with Gasteiger partial charge in [0.2, 0.25) is 0 Å². The number of hydrogen-bond donors (Lipinski definition) is 0. The topological polar surface area (TPSA) is 103 Å². The lowest BCUT2D eigenvalue weighted by atomic mass is 9.98. The van der Waals surface area contributed by atoms with E-state index in [1.807, 2.05) is 111 Å². The van der Waals surface area contributed by atoms with Gasteiger partial charge in [0, 0.05) is 87.0 Å². The summed E-state index contributed by atoms with van der Waals surface area (Å²) in [5.41, 5.74) is 7.71. The number of aliphatic imine (C=N–C) groups is 4. The Hall–Kier alpha value is -6.90. The van der Waals surface area contributed by atoms with Gasteiger partial charge in [0.05, 0.1) is 32.6 Å². The number of hydrogen-bond acceptors (Lipinski definition) is 11. The van der Waals surface area contributed by atoms with Crippen LogP contribution in [0, 0.1) is 24.7 Å². The van der Waals surface area contributed by atoms with Gasteiger partial charge < -0.3 is 19.6 Å². The molecule has 2 atom stereocenters. The number of amides is 2. The van der Waals surface area contributed by atoms with E-state index in [4.69, 9.17) is 32.8 Å². The first kappa shape index (κ1) is 41.5. The predicted octanol–water partition coefficient (Wildman–Crippen LogP) is 5.54. The monoisotopic (exact) mass is 852 g/mol. The Labute approximate surface area is 373 Å². The van der Waals surface area contributed by atoms with Gasteiger partial charge in [0.25, 0.3) is 11.8 Å². The number of carbonyl (C=O) groups excluding carboxylic acids is 2. The van der Waals surface area contributed by atoms with Gasteiger partial charge in [-0.05, 0) is 52.2 Å². The number of likely N-dealkylation sites (N-methyl/N-ethyl adjacent to an activating group) is 2. The van der Waals surface area contributed by atoms with E-state index in [0.717, 1.165) is 107 Å². The summed E-state index contributed by atoms with van der Waals surface area (Å²) in [7, 11) is 4.22. The Balaban J connectivity index is 0.000000160. The molecule has 0 aliphatic carbocycles. The average molecular weight is 853 g/mol. The van der Waals surface area contributed by atoms with Crippen molar-refractivity contribution in [2.75, 3.05) is 76.3 Å². The third kappa shape index (κ3) is 8.15. The molecule has 0 bridgehead atoms. The average Bonchev–Trinajstić information content (AvgIpc) is 3.94. The van der Waals surface area contributed by atoms with E-state index in [0.29, 0.717) is 23.1 Å². The standard InChI is InChI=1S/C26H25N5O.C24H23N5OS/c1-4-19-10-11-23-21(16-19)24(20-8-6-5-7-9-20)27-18(2)25-28-22(26(32)31(23)25)17-30-14-12-29(3)13-15-30;1-4-18-14-20-22(31-18)21(17-8-6-5-7-9-17)25-16(2)23-26-19(24(30)29(20)23)15-28-12-10-27(3)11-13-28/h1,5-11,16-18H,12-15H2,2-3H3;1,5-9,14-16H,10-13H2,2-3H3/b22-17-;19-15-. The zero-order valence-corrected chi connectivity index (χ0v) is 36.7. The van der Waals surface area contributed by atoms with Crippen LogP contribution in [0.3, 0.4) is 0 Å². The van der Waals surface area contributed by atoms with Gasteiger partial charge in [-0.2, -0.15) is 0 Å². The van der Waals surface area contributed by atoms with Crippen LogP contribution in [0.4, 0.5) is 11.4 Å². The van der Waals surface area contributed by atoms with Crippen LogP contribution in [0.2, 0.25) is 0 Å². The number of fused-ring (bicyclic) bond motifs is 6. The predicted molar refractivity (Wildman–Crippen MR) is 254 cm³/mol. The molecule has 13 heteroatoms. The van der Waals surface area contributed by atoms with E-state index < -0.39 is 0 Å². The third-order valence-electron chi connectivity index (χ3n) is 11.9. The van der Waals surface area contributed by atoms with Crippen LogP contribution in [0.5, 0.6) is 0 Å². The molecule has 3 aromatic carbocycles. The maximum Gasteiger partial charge on any atom is 0.284 e. The molecule has 12 nitrogen and oxygen atoms in total. The van der Waals surface area contributed by atoms with Gasteiger partial charge in [0.15, 0.2) is 0 Å². The molecule has 2 unspecified atom stereocenters. The Morgan fingerprint density at radius 3 is 1.62 bits per heavy atom. The summed E-state index contributed by atoms with van der Waals surface area (Å²) in [6, 6.07) is 27.1. The van der Waals surface area contributed by atoms with Crippen LogP contribution < -0.4 is 9.80 Å². The number of anilines is 2. The van der Waals surface area contributed by atoms with Crippen molar-refractivity contribution >= 4 is 57.6 Å². The van der Waals surface area contributed by atoms with Crippen molar-refractivity contribution in [1.29, 1.82) is 0 Å². The highest BCUT2D eigenvalue weighted by atomic mass is 32.1. The zero-order valence-electron chi connectivity index (χ0n) is 35.9. The lowest BCUT2D eigenvalue weighted by Crippen LogP contribution is -2.42.